The van der Waals surface area contributed by atoms with Crippen LogP contribution < -0.4 is 14.8 Å². The zero-order valence-corrected chi connectivity index (χ0v) is 19.4. The minimum atomic E-state index is -3.84. The number of hydrogen-bond donors (Lipinski definition) is 2. The number of furan rings is 1. The monoisotopic (exact) mass is 494 g/mol. The SMILES string of the molecule is O=C(NCc1cccc(S(=O)(=O)NCc2cccc(F)c2)c1)c1occc1COc1ccccc1. The zero-order chi connectivity index (χ0) is 24.7. The fraction of sp³-hybridized carbons (Fsp3) is 0.115. The number of amides is 1. The average Bonchev–Trinajstić information content (AvgIpc) is 3.35. The molecule has 0 saturated carbocycles. The van der Waals surface area contributed by atoms with Crippen molar-refractivity contribution in [1.82, 2.24) is 10.0 Å². The summed E-state index contributed by atoms with van der Waals surface area (Å²) >= 11 is 0. The fourth-order valence-electron chi connectivity index (χ4n) is 3.32. The average molecular weight is 495 g/mol. The molecule has 2 N–H and O–H groups in total. The highest BCUT2D eigenvalue weighted by Crippen LogP contribution is 2.17. The van der Waals surface area contributed by atoms with Gasteiger partial charge in [0.15, 0.2) is 5.76 Å². The summed E-state index contributed by atoms with van der Waals surface area (Å²) < 4.78 is 52.2. The van der Waals surface area contributed by atoms with Gasteiger partial charge in [-0.15, -0.1) is 0 Å². The standard InChI is InChI=1S/C26H23FN2O5S/c27-22-8-4-6-19(14-22)17-29-35(31,32)24-11-5-7-20(15-24)16-28-26(30)25-21(12-13-33-25)18-34-23-9-2-1-3-10-23/h1-15,29H,16-18H2,(H,28,30). The topological polar surface area (TPSA) is 97.6 Å². The third kappa shape index (κ3) is 6.56. The Morgan fingerprint density at radius 1 is 0.886 bits per heavy atom. The van der Waals surface area contributed by atoms with Gasteiger partial charge in [0.05, 0.1) is 11.2 Å². The van der Waals surface area contributed by atoms with Gasteiger partial charge in [-0.2, -0.15) is 0 Å². The predicted molar refractivity (Wildman–Crippen MR) is 128 cm³/mol. The molecule has 0 fully saturated rings. The number of nitrogens with one attached hydrogen (secondary N) is 2. The van der Waals surface area contributed by atoms with Crippen LogP contribution in [0.5, 0.6) is 5.75 Å². The molecule has 7 nitrogen and oxygen atoms in total. The largest absolute Gasteiger partial charge is 0.489 e. The molecule has 0 radical (unpaired) electrons. The second kappa shape index (κ2) is 11.0. The molecule has 4 aromatic rings. The van der Waals surface area contributed by atoms with Gasteiger partial charge in [-0.1, -0.05) is 42.5 Å². The van der Waals surface area contributed by atoms with E-state index in [1.54, 1.807) is 24.3 Å². The number of rotatable bonds is 10. The summed E-state index contributed by atoms with van der Waals surface area (Å²) in [4.78, 5) is 12.7. The molecule has 35 heavy (non-hydrogen) atoms. The molecule has 0 unspecified atom stereocenters. The normalized spacial score (nSPS) is 11.2. The number of sulfonamides is 1. The smallest absolute Gasteiger partial charge is 0.287 e. The first-order chi connectivity index (χ1) is 16.9. The van der Waals surface area contributed by atoms with Crippen LogP contribution in [0.3, 0.4) is 0 Å². The summed E-state index contributed by atoms with van der Waals surface area (Å²) in [5, 5.41) is 2.74. The molecular formula is C26H23FN2O5S. The summed E-state index contributed by atoms with van der Waals surface area (Å²) in [6.07, 6.45) is 1.41. The summed E-state index contributed by atoms with van der Waals surface area (Å²) in [7, 11) is -3.84. The molecule has 0 bridgehead atoms. The number of para-hydroxylation sites is 1. The molecule has 0 aliphatic rings. The van der Waals surface area contributed by atoms with E-state index in [1.165, 1.54) is 36.6 Å². The molecule has 180 valence electrons. The Hall–Kier alpha value is -3.95. The van der Waals surface area contributed by atoms with Crippen LogP contribution in [0.4, 0.5) is 4.39 Å². The number of halogens is 1. The van der Waals surface area contributed by atoms with Gasteiger partial charge < -0.3 is 14.5 Å². The van der Waals surface area contributed by atoms with Crippen molar-refractivity contribution in [3.63, 3.8) is 0 Å². The molecule has 4 rings (SSSR count). The summed E-state index contributed by atoms with van der Waals surface area (Å²) in [6.45, 7) is 0.202. The van der Waals surface area contributed by atoms with Crippen LogP contribution >= 0.6 is 0 Å². The molecule has 0 spiro atoms. The Kier molecular flexibility index (Phi) is 7.59. The molecule has 0 aliphatic carbocycles. The second-order valence-corrected chi connectivity index (χ2v) is 9.43. The lowest BCUT2D eigenvalue weighted by atomic mass is 10.2. The highest BCUT2D eigenvalue weighted by Gasteiger charge is 2.17. The van der Waals surface area contributed by atoms with Crippen LogP contribution in [0, 0.1) is 5.82 Å². The van der Waals surface area contributed by atoms with Crippen molar-refractivity contribution in [2.24, 2.45) is 0 Å². The van der Waals surface area contributed by atoms with Crippen molar-refractivity contribution >= 4 is 15.9 Å². The molecule has 0 atom stereocenters. The van der Waals surface area contributed by atoms with Crippen molar-refractivity contribution in [3.8, 4) is 5.75 Å². The van der Waals surface area contributed by atoms with Gasteiger partial charge in [-0.3, -0.25) is 4.79 Å². The Balaban J connectivity index is 1.36. The highest BCUT2D eigenvalue weighted by atomic mass is 32.2. The van der Waals surface area contributed by atoms with Gasteiger partial charge in [-0.05, 0) is 53.6 Å². The third-order valence-electron chi connectivity index (χ3n) is 5.11. The van der Waals surface area contributed by atoms with Gasteiger partial charge in [0, 0.05) is 18.7 Å². The molecular weight excluding hydrogens is 471 g/mol. The first-order valence-electron chi connectivity index (χ1n) is 10.8. The lowest BCUT2D eigenvalue weighted by Gasteiger charge is -2.10. The first kappa shape index (κ1) is 24.2. The Morgan fingerprint density at radius 3 is 2.40 bits per heavy atom. The van der Waals surface area contributed by atoms with E-state index in [0.29, 0.717) is 22.4 Å². The third-order valence-corrected chi connectivity index (χ3v) is 6.51. The van der Waals surface area contributed by atoms with Gasteiger partial charge in [0.25, 0.3) is 5.91 Å². The fourth-order valence-corrected chi connectivity index (χ4v) is 4.41. The van der Waals surface area contributed by atoms with E-state index in [2.05, 4.69) is 10.0 Å². The van der Waals surface area contributed by atoms with Gasteiger partial charge in [0.2, 0.25) is 10.0 Å². The molecule has 1 heterocycles. The van der Waals surface area contributed by atoms with Crippen LogP contribution in [0.1, 0.15) is 27.2 Å². The maximum absolute atomic E-state index is 13.3. The van der Waals surface area contributed by atoms with E-state index in [1.807, 2.05) is 30.3 Å². The Labute approximate surface area is 202 Å². The minimum Gasteiger partial charge on any atom is -0.489 e. The Bertz CT molecular complexity index is 1400. The van der Waals surface area contributed by atoms with Crippen LogP contribution in [0.2, 0.25) is 0 Å². The van der Waals surface area contributed by atoms with Crippen LogP contribution in [0.25, 0.3) is 0 Å². The summed E-state index contributed by atoms with van der Waals surface area (Å²) in [6, 6.07) is 22.8. The van der Waals surface area contributed by atoms with Crippen LogP contribution in [0.15, 0.2) is 101 Å². The molecule has 0 aliphatic heterocycles. The van der Waals surface area contributed by atoms with E-state index in [9.17, 15) is 17.6 Å². The maximum atomic E-state index is 13.3. The van der Waals surface area contributed by atoms with Gasteiger partial charge in [0.1, 0.15) is 18.2 Å². The number of carbonyl (C=O) groups excluding carboxylic acids is 1. The van der Waals surface area contributed by atoms with Crippen molar-refractivity contribution in [2.75, 3.05) is 0 Å². The van der Waals surface area contributed by atoms with Crippen molar-refractivity contribution in [3.05, 3.63) is 119 Å². The van der Waals surface area contributed by atoms with Crippen LogP contribution in [-0.4, -0.2) is 14.3 Å². The van der Waals surface area contributed by atoms with E-state index in [0.717, 1.165) is 0 Å². The second-order valence-electron chi connectivity index (χ2n) is 7.66. The highest BCUT2D eigenvalue weighted by molar-refractivity contribution is 7.89. The lowest BCUT2D eigenvalue weighted by Crippen LogP contribution is -2.25. The number of hydrogen-bond acceptors (Lipinski definition) is 5. The first-order valence-corrected chi connectivity index (χ1v) is 12.2. The summed E-state index contributed by atoms with van der Waals surface area (Å²) in [5.41, 5.74) is 1.67. The lowest BCUT2D eigenvalue weighted by molar-refractivity contribution is 0.0919. The van der Waals surface area contributed by atoms with Gasteiger partial charge >= 0.3 is 0 Å². The Morgan fingerprint density at radius 2 is 1.63 bits per heavy atom. The molecule has 1 amide bonds. The van der Waals surface area contributed by atoms with Crippen molar-refractivity contribution < 1.29 is 26.8 Å². The zero-order valence-electron chi connectivity index (χ0n) is 18.6. The van der Waals surface area contributed by atoms with E-state index in [4.69, 9.17) is 9.15 Å². The quantitative estimate of drug-likeness (QED) is 0.341. The van der Waals surface area contributed by atoms with Crippen LogP contribution in [-0.2, 0) is 29.7 Å². The molecule has 3 aromatic carbocycles. The number of benzene rings is 3. The van der Waals surface area contributed by atoms with Gasteiger partial charge in [-0.25, -0.2) is 17.5 Å². The molecule has 9 heteroatoms. The minimum absolute atomic E-state index is 0.0376. The predicted octanol–water partition coefficient (Wildman–Crippen LogP) is 4.41. The van der Waals surface area contributed by atoms with E-state index < -0.39 is 21.7 Å². The summed E-state index contributed by atoms with van der Waals surface area (Å²) in [5.74, 6) is -0.0875. The number of carbonyl (C=O) groups is 1. The molecule has 1 aromatic heterocycles. The van der Waals surface area contributed by atoms with E-state index in [-0.39, 0.29) is 30.4 Å². The van der Waals surface area contributed by atoms with E-state index >= 15 is 0 Å². The van der Waals surface area contributed by atoms with Crippen molar-refractivity contribution in [2.45, 2.75) is 24.6 Å². The van der Waals surface area contributed by atoms with Crippen molar-refractivity contribution in [1.29, 1.82) is 0 Å². The molecule has 0 saturated heterocycles. The number of ether oxygens (including phenoxy) is 1. The maximum Gasteiger partial charge on any atom is 0.287 e.